The summed E-state index contributed by atoms with van der Waals surface area (Å²) in [6, 6.07) is 1.03. The van der Waals surface area contributed by atoms with Crippen molar-refractivity contribution < 1.29 is 17.8 Å². The van der Waals surface area contributed by atoms with Gasteiger partial charge in [-0.25, -0.2) is 0 Å². The maximum atomic E-state index is 10.5. The molecule has 7 heteroatoms. The highest BCUT2D eigenvalue weighted by atomic mass is 32.3. The van der Waals surface area contributed by atoms with Gasteiger partial charge in [-0.15, -0.1) is 11.3 Å². The molecule has 0 aliphatic rings. The Balaban J connectivity index is 3.17. The Morgan fingerprint density at radius 3 is 2.42 bits per heavy atom. The summed E-state index contributed by atoms with van der Waals surface area (Å²) in [6.45, 7) is 0. The van der Waals surface area contributed by atoms with E-state index in [1.807, 2.05) is 0 Å². The smallest absolute Gasteiger partial charge is 0.304 e. The van der Waals surface area contributed by atoms with Crippen molar-refractivity contribution in [2.75, 3.05) is 0 Å². The van der Waals surface area contributed by atoms with E-state index in [-0.39, 0.29) is 9.77 Å². The van der Waals surface area contributed by atoms with Crippen molar-refractivity contribution in [1.82, 2.24) is 0 Å². The van der Waals surface area contributed by atoms with Gasteiger partial charge in [-0.05, 0) is 6.07 Å². The lowest BCUT2D eigenvalue weighted by Crippen LogP contribution is -2.09. The fraction of sp³-hybridized carbons (Fsp3) is 0. The largest absolute Gasteiger partial charge is 0.366 e. The molecular formula is C5H5NO4S2. The zero-order chi connectivity index (χ0) is 9.35. The van der Waals surface area contributed by atoms with Crippen LogP contribution in [-0.2, 0) is 10.1 Å². The Morgan fingerprint density at radius 1 is 1.58 bits per heavy atom. The Hall–Kier alpha value is -0.920. The third-order valence-electron chi connectivity index (χ3n) is 1.11. The quantitative estimate of drug-likeness (QED) is 0.672. The second-order valence-corrected chi connectivity index (χ2v) is 4.55. The molecule has 1 heterocycles. The molecule has 1 aromatic rings. The van der Waals surface area contributed by atoms with Gasteiger partial charge in [0.2, 0.25) is 5.91 Å². The lowest BCUT2D eigenvalue weighted by Gasteiger charge is -1.86. The number of hydrogen-bond acceptors (Lipinski definition) is 4. The molecule has 0 radical (unpaired) electrons. The minimum atomic E-state index is -4.20. The maximum Gasteiger partial charge on any atom is 0.304 e. The van der Waals surface area contributed by atoms with Crippen LogP contribution in [0.5, 0.6) is 0 Å². The fourth-order valence-corrected chi connectivity index (χ4v) is 2.11. The summed E-state index contributed by atoms with van der Waals surface area (Å²) in [6.07, 6.45) is 0. The molecular weight excluding hydrogens is 202 g/mol. The van der Waals surface area contributed by atoms with Gasteiger partial charge >= 0.3 is 10.1 Å². The average molecular weight is 207 g/mol. The summed E-state index contributed by atoms with van der Waals surface area (Å²) in [5.41, 5.74) is 4.94. The highest BCUT2D eigenvalue weighted by Crippen LogP contribution is 2.19. The van der Waals surface area contributed by atoms with Gasteiger partial charge in [0.25, 0.3) is 0 Å². The lowest BCUT2D eigenvalue weighted by molar-refractivity contribution is 0.100. The van der Waals surface area contributed by atoms with Crippen molar-refractivity contribution in [1.29, 1.82) is 0 Å². The van der Waals surface area contributed by atoms with Gasteiger partial charge in [0.15, 0.2) is 0 Å². The predicted molar refractivity (Wildman–Crippen MR) is 42.7 cm³/mol. The molecule has 12 heavy (non-hydrogen) atoms. The van der Waals surface area contributed by atoms with Crippen LogP contribution in [-0.4, -0.2) is 18.9 Å². The summed E-state index contributed by atoms with van der Waals surface area (Å²) in [5, 5.41) is 1.27. The van der Waals surface area contributed by atoms with E-state index in [1.54, 1.807) is 0 Å². The zero-order valence-corrected chi connectivity index (χ0v) is 7.35. The van der Waals surface area contributed by atoms with Crippen LogP contribution in [0.25, 0.3) is 0 Å². The molecule has 0 unspecified atom stereocenters. The van der Waals surface area contributed by atoms with Crippen LogP contribution in [0.1, 0.15) is 10.4 Å². The molecule has 1 amide bonds. The molecule has 3 N–H and O–H groups in total. The molecule has 1 aromatic heterocycles. The number of hydrogen-bond donors (Lipinski definition) is 2. The van der Waals surface area contributed by atoms with Crippen LogP contribution in [0.15, 0.2) is 15.7 Å². The molecule has 0 atom stereocenters. The monoisotopic (exact) mass is 207 g/mol. The van der Waals surface area contributed by atoms with Gasteiger partial charge in [0, 0.05) is 5.38 Å². The van der Waals surface area contributed by atoms with E-state index in [0.29, 0.717) is 0 Å². The summed E-state index contributed by atoms with van der Waals surface area (Å²) in [7, 11) is -4.20. The van der Waals surface area contributed by atoms with Crippen LogP contribution in [0.2, 0.25) is 0 Å². The Kier molecular flexibility index (Phi) is 2.18. The zero-order valence-electron chi connectivity index (χ0n) is 5.72. The Labute approximate surface area is 72.6 Å². The van der Waals surface area contributed by atoms with Crippen molar-refractivity contribution >= 4 is 27.4 Å². The molecule has 0 bridgehead atoms. The van der Waals surface area contributed by atoms with E-state index < -0.39 is 16.0 Å². The minimum absolute atomic E-state index is 0.0765. The summed E-state index contributed by atoms with van der Waals surface area (Å²) < 4.78 is 29.2. The maximum absolute atomic E-state index is 10.5. The van der Waals surface area contributed by atoms with Crippen molar-refractivity contribution in [3.8, 4) is 0 Å². The van der Waals surface area contributed by atoms with Crippen molar-refractivity contribution in [2.45, 2.75) is 4.21 Å². The first kappa shape index (κ1) is 9.17. The average Bonchev–Trinajstić information content (AvgIpc) is 2.30. The van der Waals surface area contributed by atoms with Gasteiger partial charge in [-0.2, -0.15) is 8.42 Å². The second kappa shape index (κ2) is 2.85. The number of amides is 1. The summed E-state index contributed by atoms with van der Waals surface area (Å²) in [5.74, 6) is -0.721. The summed E-state index contributed by atoms with van der Waals surface area (Å²) in [4.78, 5) is 10.5. The highest BCUT2D eigenvalue weighted by Gasteiger charge is 2.14. The molecule has 0 spiro atoms. The van der Waals surface area contributed by atoms with Gasteiger partial charge < -0.3 is 5.73 Å². The number of thiophene rings is 1. The number of nitrogens with two attached hydrogens (primary N) is 1. The lowest BCUT2D eigenvalue weighted by atomic mass is 10.3. The first-order chi connectivity index (χ1) is 5.41. The topological polar surface area (TPSA) is 97.5 Å². The normalized spacial score (nSPS) is 11.4. The van der Waals surface area contributed by atoms with Gasteiger partial charge in [0.1, 0.15) is 4.21 Å². The number of carbonyl (C=O) groups excluding carboxylic acids is 1. The molecule has 0 saturated heterocycles. The van der Waals surface area contributed by atoms with Gasteiger partial charge in [0.05, 0.1) is 5.56 Å². The second-order valence-electron chi connectivity index (χ2n) is 1.99. The van der Waals surface area contributed by atoms with Crippen molar-refractivity contribution in [2.24, 2.45) is 5.73 Å². The molecule has 0 aliphatic heterocycles. The fourth-order valence-electron chi connectivity index (χ4n) is 0.581. The van der Waals surface area contributed by atoms with E-state index >= 15 is 0 Å². The standard InChI is InChI=1S/C5H5NO4S2/c6-5(7)3-1-4(11-2-3)12(8,9)10/h1-2H,(H2,6,7)(H,8,9,10). The van der Waals surface area contributed by atoms with Crippen LogP contribution in [0.3, 0.4) is 0 Å². The molecule has 5 nitrogen and oxygen atoms in total. The predicted octanol–water partition coefficient (Wildman–Crippen LogP) is 0.0937. The third kappa shape index (κ3) is 1.81. The number of rotatable bonds is 2. The molecule has 0 fully saturated rings. The minimum Gasteiger partial charge on any atom is -0.366 e. The Bertz CT molecular complexity index is 405. The van der Waals surface area contributed by atoms with Crippen LogP contribution >= 0.6 is 11.3 Å². The van der Waals surface area contributed by atoms with Crippen LogP contribution in [0.4, 0.5) is 0 Å². The van der Waals surface area contributed by atoms with E-state index in [9.17, 15) is 13.2 Å². The molecule has 66 valence electrons. The first-order valence-corrected chi connectivity index (χ1v) is 5.09. The molecule has 0 aliphatic carbocycles. The van der Waals surface area contributed by atoms with Gasteiger partial charge in [-0.3, -0.25) is 9.35 Å². The summed E-state index contributed by atoms with van der Waals surface area (Å²) >= 11 is 0.746. The van der Waals surface area contributed by atoms with E-state index in [2.05, 4.69) is 0 Å². The number of carbonyl (C=O) groups is 1. The van der Waals surface area contributed by atoms with E-state index in [1.165, 1.54) is 5.38 Å². The van der Waals surface area contributed by atoms with Crippen LogP contribution in [0, 0.1) is 0 Å². The third-order valence-corrected chi connectivity index (χ3v) is 3.38. The number of primary amides is 1. The molecule has 0 aromatic carbocycles. The molecule has 0 saturated carbocycles. The SMILES string of the molecule is NC(=O)c1csc(S(=O)(=O)O)c1. The van der Waals surface area contributed by atoms with Gasteiger partial charge in [-0.1, -0.05) is 0 Å². The van der Waals surface area contributed by atoms with E-state index in [0.717, 1.165) is 17.4 Å². The first-order valence-electron chi connectivity index (χ1n) is 2.77. The van der Waals surface area contributed by atoms with Crippen molar-refractivity contribution in [3.05, 3.63) is 17.0 Å². The highest BCUT2D eigenvalue weighted by molar-refractivity contribution is 7.88. The van der Waals surface area contributed by atoms with E-state index in [4.69, 9.17) is 10.3 Å². The van der Waals surface area contributed by atoms with Crippen molar-refractivity contribution in [3.63, 3.8) is 0 Å². The van der Waals surface area contributed by atoms with Crippen LogP contribution < -0.4 is 5.73 Å². The molecule has 1 rings (SSSR count). The Morgan fingerprint density at radius 2 is 2.17 bits per heavy atom.